The lowest BCUT2D eigenvalue weighted by atomic mass is 10.4. The van der Waals surface area contributed by atoms with E-state index < -0.39 is 0 Å². The van der Waals surface area contributed by atoms with E-state index in [9.17, 15) is 0 Å². The number of aryl methyl sites for hydroxylation is 1. The summed E-state index contributed by atoms with van der Waals surface area (Å²) in [7, 11) is 0. The van der Waals surface area contributed by atoms with Gasteiger partial charge in [0.25, 0.3) is 0 Å². The largest absolute Gasteiger partial charge is 0.383 e. The van der Waals surface area contributed by atoms with Crippen molar-refractivity contribution < 1.29 is 0 Å². The molecule has 0 unspecified atom stereocenters. The Kier molecular flexibility index (Phi) is 4.48. The Morgan fingerprint density at radius 3 is 2.83 bits per heavy atom. The molecule has 94 valence electrons. The summed E-state index contributed by atoms with van der Waals surface area (Å²) in [6.45, 7) is 1.90. The zero-order valence-electron chi connectivity index (χ0n) is 9.65. The van der Waals surface area contributed by atoms with E-state index in [0.717, 1.165) is 25.9 Å². The van der Waals surface area contributed by atoms with E-state index in [2.05, 4.69) is 25.9 Å². The highest BCUT2D eigenvalue weighted by molar-refractivity contribution is 9.10. The third-order valence-corrected chi connectivity index (χ3v) is 4.46. The van der Waals surface area contributed by atoms with E-state index in [0.29, 0.717) is 11.6 Å². The predicted molar refractivity (Wildman–Crippen MR) is 79.9 cm³/mol. The van der Waals surface area contributed by atoms with Crippen molar-refractivity contribution in [1.29, 1.82) is 0 Å². The van der Waals surface area contributed by atoms with Gasteiger partial charge in [0.15, 0.2) is 0 Å². The Labute approximate surface area is 123 Å². The number of benzene rings is 1. The van der Waals surface area contributed by atoms with Crippen LogP contribution in [0.2, 0.25) is 5.02 Å². The number of hydrogen-bond donors (Lipinski definition) is 1. The van der Waals surface area contributed by atoms with E-state index in [4.69, 9.17) is 17.3 Å². The fraction of sp³-hybridized carbons (Fsp3) is 0.167. The first kappa shape index (κ1) is 13.6. The van der Waals surface area contributed by atoms with Gasteiger partial charge >= 0.3 is 0 Å². The van der Waals surface area contributed by atoms with Gasteiger partial charge in [0, 0.05) is 9.92 Å². The van der Waals surface area contributed by atoms with E-state index >= 15 is 0 Å². The van der Waals surface area contributed by atoms with Crippen molar-refractivity contribution in [2.24, 2.45) is 0 Å². The molecule has 0 saturated heterocycles. The normalized spacial score (nSPS) is 10.6. The Morgan fingerprint density at radius 2 is 2.17 bits per heavy atom. The van der Waals surface area contributed by atoms with E-state index in [1.807, 2.05) is 31.2 Å². The monoisotopic (exact) mass is 343 g/mol. The highest BCUT2D eigenvalue weighted by Crippen LogP contribution is 2.26. The molecule has 0 atom stereocenters. The standard InChI is InChI=1S/C12H11BrClN3S/c1-7-11(13)12(15)17-10(16-7)6-18-9-4-2-3-8(14)5-9/h2-5H,6H2,1H3,(H2,15,16,17). The molecule has 1 heterocycles. The number of nitrogen functional groups attached to an aromatic ring is 1. The SMILES string of the molecule is Cc1nc(CSc2cccc(Cl)c2)nc(N)c1Br. The summed E-state index contributed by atoms with van der Waals surface area (Å²) in [6, 6.07) is 7.70. The second kappa shape index (κ2) is 5.91. The molecule has 2 rings (SSSR count). The molecule has 0 radical (unpaired) electrons. The van der Waals surface area contributed by atoms with Crippen molar-refractivity contribution in [3.63, 3.8) is 0 Å². The molecule has 0 spiro atoms. The van der Waals surface area contributed by atoms with Gasteiger partial charge in [0.05, 0.1) is 15.9 Å². The molecule has 2 N–H and O–H groups in total. The average molecular weight is 345 g/mol. The number of nitrogens with zero attached hydrogens (tertiary/aromatic N) is 2. The molecule has 1 aromatic carbocycles. The summed E-state index contributed by atoms with van der Waals surface area (Å²) in [5.74, 6) is 1.86. The van der Waals surface area contributed by atoms with Gasteiger partial charge in [-0.05, 0) is 41.1 Å². The van der Waals surface area contributed by atoms with Crippen LogP contribution in [0.5, 0.6) is 0 Å². The van der Waals surface area contributed by atoms with Gasteiger partial charge in [-0.15, -0.1) is 11.8 Å². The van der Waals surface area contributed by atoms with Gasteiger partial charge in [0.1, 0.15) is 11.6 Å². The maximum Gasteiger partial charge on any atom is 0.141 e. The van der Waals surface area contributed by atoms with Crippen LogP contribution >= 0.6 is 39.3 Å². The summed E-state index contributed by atoms with van der Waals surface area (Å²) in [5.41, 5.74) is 6.64. The van der Waals surface area contributed by atoms with Crippen LogP contribution in [0.25, 0.3) is 0 Å². The minimum Gasteiger partial charge on any atom is -0.383 e. The molecule has 0 saturated carbocycles. The van der Waals surface area contributed by atoms with Crippen LogP contribution in [-0.2, 0) is 5.75 Å². The third kappa shape index (κ3) is 3.37. The second-order valence-corrected chi connectivity index (χ2v) is 5.95. The van der Waals surface area contributed by atoms with Crippen LogP contribution in [0.3, 0.4) is 0 Å². The van der Waals surface area contributed by atoms with Crippen molar-refractivity contribution in [2.75, 3.05) is 5.73 Å². The molecule has 0 fully saturated rings. The Balaban J connectivity index is 2.11. The van der Waals surface area contributed by atoms with Gasteiger partial charge in [-0.25, -0.2) is 9.97 Å². The quantitative estimate of drug-likeness (QED) is 0.853. The van der Waals surface area contributed by atoms with Gasteiger partial charge in [-0.3, -0.25) is 0 Å². The second-order valence-electron chi connectivity index (χ2n) is 3.67. The zero-order valence-corrected chi connectivity index (χ0v) is 12.8. The lowest BCUT2D eigenvalue weighted by Crippen LogP contribution is -2.02. The highest BCUT2D eigenvalue weighted by Gasteiger charge is 2.07. The van der Waals surface area contributed by atoms with Crippen LogP contribution < -0.4 is 5.73 Å². The fourth-order valence-corrected chi connectivity index (χ4v) is 2.65. The molecule has 0 amide bonds. The number of halogens is 2. The zero-order chi connectivity index (χ0) is 13.1. The van der Waals surface area contributed by atoms with Crippen LogP contribution in [0.1, 0.15) is 11.5 Å². The minimum atomic E-state index is 0.476. The van der Waals surface area contributed by atoms with Crippen LogP contribution in [-0.4, -0.2) is 9.97 Å². The summed E-state index contributed by atoms with van der Waals surface area (Å²) in [5, 5.41) is 0.729. The first-order valence-corrected chi connectivity index (χ1v) is 7.39. The minimum absolute atomic E-state index is 0.476. The number of anilines is 1. The Hall–Kier alpha value is -0.780. The summed E-state index contributed by atoms with van der Waals surface area (Å²) in [6.07, 6.45) is 0. The fourth-order valence-electron chi connectivity index (χ4n) is 1.41. The highest BCUT2D eigenvalue weighted by atomic mass is 79.9. The first-order valence-electron chi connectivity index (χ1n) is 5.23. The molecule has 0 aliphatic carbocycles. The molecule has 0 aliphatic heterocycles. The number of aromatic nitrogens is 2. The van der Waals surface area contributed by atoms with Gasteiger partial charge < -0.3 is 5.73 Å². The number of rotatable bonds is 3. The maximum atomic E-state index is 5.93. The lowest BCUT2D eigenvalue weighted by Gasteiger charge is -2.06. The van der Waals surface area contributed by atoms with Crippen molar-refractivity contribution in [3.8, 4) is 0 Å². The van der Waals surface area contributed by atoms with E-state index in [1.165, 1.54) is 0 Å². The smallest absolute Gasteiger partial charge is 0.141 e. The molecule has 18 heavy (non-hydrogen) atoms. The molecule has 1 aromatic heterocycles. The van der Waals surface area contributed by atoms with E-state index in [-0.39, 0.29) is 0 Å². The Morgan fingerprint density at radius 1 is 1.39 bits per heavy atom. The summed E-state index contributed by atoms with van der Waals surface area (Å²) in [4.78, 5) is 9.70. The molecule has 2 aromatic rings. The lowest BCUT2D eigenvalue weighted by molar-refractivity contribution is 0.992. The van der Waals surface area contributed by atoms with Crippen molar-refractivity contribution in [1.82, 2.24) is 9.97 Å². The summed E-state index contributed by atoms with van der Waals surface area (Å²) < 4.78 is 0.763. The van der Waals surface area contributed by atoms with Crippen LogP contribution in [0.4, 0.5) is 5.82 Å². The van der Waals surface area contributed by atoms with Crippen molar-refractivity contribution in [3.05, 3.63) is 45.3 Å². The third-order valence-electron chi connectivity index (χ3n) is 2.25. The molecule has 3 nitrogen and oxygen atoms in total. The molecular weight excluding hydrogens is 334 g/mol. The number of nitrogens with two attached hydrogens (primary N) is 1. The summed E-state index contributed by atoms with van der Waals surface area (Å²) >= 11 is 10.9. The average Bonchev–Trinajstić information content (AvgIpc) is 2.33. The Bertz CT molecular complexity index is 554. The van der Waals surface area contributed by atoms with Crippen molar-refractivity contribution in [2.45, 2.75) is 17.6 Å². The molecular formula is C12H11BrClN3S. The van der Waals surface area contributed by atoms with Crippen LogP contribution in [0, 0.1) is 6.92 Å². The molecule has 0 bridgehead atoms. The van der Waals surface area contributed by atoms with Gasteiger partial charge in [0.2, 0.25) is 0 Å². The maximum absolute atomic E-state index is 5.93. The molecule has 0 aliphatic rings. The van der Waals surface area contributed by atoms with E-state index in [1.54, 1.807) is 11.8 Å². The van der Waals surface area contributed by atoms with Gasteiger partial charge in [-0.1, -0.05) is 17.7 Å². The first-order chi connectivity index (χ1) is 8.56. The number of thioether (sulfide) groups is 1. The topological polar surface area (TPSA) is 51.8 Å². The van der Waals surface area contributed by atoms with Gasteiger partial charge in [-0.2, -0.15) is 0 Å². The molecule has 6 heteroatoms. The number of hydrogen-bond acceptors (Lipinski definition) is 4. The van der Waals surface area contributed by atoms with Crippen molar-refractivity contribution >= 4 is 45.1 Å². The van der Waals surface area contributed by atoms with Crippen LogP contribution in [0.15, 0.2) is 33.6 Å². The predicted octanol–water partition coefficient (Wildman–Crippen LogP) is 4.08.